The van der Waals surface area contributed by atoms with Gasteiger partial charge in [-0.25, -0.2) is 0 Å². The molecule has 0 aliphatic rings. The summed E-state index contributed by atoms with van der Waals surface area (Å²) in [7, 11) is 0. The third kappa shape index (κ3) is 4.65. The Kier molecular flexibility index (Phi) is 7.01. The van der Waals surface area contributed by atoms with Gasteiger partial charge in [0, 0.05) is 48.9 Å². The van der Waals surface area contributed by atoms with E-state index in [1.807, 2.05) is 12.4 Å². The van der Waals surface area contributed by atoms with Gasteiger partial charge in [0.2, 0.25) is 0 Å². The molecule has 1 heterocycles. The zero-order valence-corrected chi connectivity index (χ0v) is 17.4. The van der Waals surface area contributed by atoms with E-state index in [0.29, 0.717) is 6.42 Å². The highest BCUT2D eigenvalue weighted by Crippen LogP contribution is 2.36. The molecule has 0 bridgehead atoms. The molecular formula is C25H29N3O. The van der Waals surface area contributed by atoms with E-state index >= 15 is 0 Å². The van der Waals surface area contributed by atoms with Crippen LogP contribution in [0.25, 0.3) is 11.1 Å². The second-order valence-electron chi connectivity index (χ2n) is 7.13. The van der Waals surface area contributed by atoms with Gasteiger partial charge in [0.25, 0.3) is 0 Å². The zero-order chi connectivity index (χ0) is 20.6. The van der Waals surface area contributed by atoms with Crippen molar-refractivity contribution in [3.05, 3.63) is 83.7 Å². The van der Waals surface area contributed by atoms with Gasteiger partial charge in [0.1, 0.15) is 0 Å². The second kappa shape index (κ2) is 9.87. The van der Waals surface area contributed by atoms with E-state index in [0.717, 1.165) is 24.2 Å². The van der Waals surface area contributed by atoms with Gasteiger partial charge < -0.3 is 10.1 Å². The number of aryl methyl sites for hydroxylation is 1. The van der Waals surface area contributed by atoms with Crippen molar-refractivity contribution in [1.82, 2.24) is 4.98 Å². The summed E-state index contributed by atoms with van der Waals surface area (Å²) in [5.41, 5.74) is 7.13. The molecule has 1 N–H and O–H groups in total. The van der Waals surface area contributed by atoms with Crippen LogP contribution in [0.3, 0.4) is 0 Å². The molecule has 1 atom stereocenters. The molecule has 3 rings (SSSR count). The monoisotopic (exact) mass is 387 g/mol. The Morgan fingerprint density at radius 2 is 1.72 bits per heavy atom. The number of anilines is 1. The molecule has 1 aromatic heterocycles. The van der Waals surface area contributed by atoms with Gasteiger partial charge in [-0.05, 0) is 67.6 Å². The molecule has 150 valence electrons. The summed E-state index contributed by atoms with van der Waals surface area (Å²) in [6, 6.07) is 19.2. The summed E-state index contributed by atoms with van der Waals surface area (Å²) in [6.07, 6.45) is 5.97. The van der Waals surface area contributed by atoms with Gasteiger partial charge in [0.15, 0.2) is 0 Å². The predicted octanol–water partition coefficient (Wildman–Crippen LogP) is 5.89. The molecule has 1 unspecified atom stereocenters. The summed E-state index contributed by atoms with van der Waals surface area (Å²) in [5, 5.41) is 12.3. The molecule has 3 aromatic rings. The van der Waals surface area contributed by atoms with Crippen molar-refractivity contribution in [1.29, 1.82) is 0 Å². The van der Waals surface area contributed by atoms with E-state index in [4.69, 9.17) is 5.21 Å². The molecule has 0 saturated carbocycles. The Labute approximate surface area is 173 Å². The Hall–Kier alpha value is -3.14. The Balaban J connectivity index is 2.05. The number of nitrogens with zero attached hydrogens (tertiary/aromatic N) is 3. The quantitative estimate of drug-likeness (QED) is 0.298. The van der Waals surface area contributed by atoms with Crippen molar-refractivity contribution in [2.45, 2.75) is 33.1 Å². The van der Waals surface area contributed by atoms with Gasteiger partial charge in [-0.2, -0.15) is 0 Å². The summed E-state index contributed by atoms with van der Waals surface area (Å²) in [5.74, 6) is 0.0903. The number of hydrogen-bond acceptors (Lipinski definition) is 4. The number of aromatic nitrogens is 1. The first-order valence-electron chi connectivity index (χ1n) is 10.2. The first-order valence-corrected chi connectivity index (χ1v) is 10.2. The molecule has 0 radical (unpaired) electrons. The van der Waals surface area contributed by atoms with Gasteiger partial charge in [-0.3, -0.25) is 4.98 Å². The highest BCUT2D eigenvalue weighted by atomic mass is 16.4. The number of pyridine rings is 1. The molecule has 29 heavy (non-hydrogen) atoms. The Bertz CT molecular complexity index is 946. The third-order valence-electron chi connectivity index (χ3n) is 5.52. The minimum atomic E-state index is 0.0903. The lowest BCUT2D eigenvalue weighted by atomic mass is 9.83. The van der Waals surface area contributed by atoms with E-state index in [-0.39, 0.29) is 5.92 Å². The summed E-state index contributed by atoms with van der Waals surface area (Å²) >= 11 is 0. The molecule has 0 aliphatic carbocycles. The van der Waals surface area contributed by atoms with Crippen LogP contribution >= 0.6 is 0 Å². The first-order chi connectivity index (χ1) is 14.2. The van der Waals surface area contributed by atoms with E-state index in [1.54, 1.807) is 6.21 Å². The van der Waals surface area contributed by atoms with E-state index in [2.05, 4.69) is 90.4 Å². The minimum absolute atomic E-state index is 0.0903. The number of benzene rings is 2. The topological polar surface area (TPSA) is 48.7 Å². The van der Waals surface area contributed by atoms with Crippen LogP contribution in [-0.2, 0) is 0 Å². The van der Waals surface area contributed by atoms with Gasteiger partial charge in [0.05, 0.1) is 0 Å². The molecule has 0 saturated heterocycles. The van der Waals surface area contributed by atoms with Crippen LogP contribution in [0.15, 0.2) is 72.1 Å². The third-order valence-corrected chi connectivity index (χ3v) is 5.52. The molecule has 0 amide bonds. The van der Waals surface area contributed by atoms with Crippen LogP contribution in [0.1, 0.15) is 42.9 Å². The van der Waals surface area contributed by atoms with Gasteiger partial charge in [-0.1, -0.05) is 36.4 Å². The van der Waals surface area contributed by atoms with Gasteiger partial charge >= 0.3 is 0 Å². The summed E-state index contributed by atoms with van der Waals surface area (Å²) < 4.78 is 0. The highest BCUT2D eigenvalue weighted by molar-refractivity contribution is 5.71. The Morgan fingerprint density at radius 1 is 1.00 bits per heavy atom. The van der Waals surface area contributed by atoms with E-state index < -0.39 is 0 Å². The van der Waals surface area contributed by atoms with Crippen molar-refractivity contribution in [3.8, 4) is 11.1 Å². The maximum Gasteiger partial charge on any atom is 0.0445 e. The number of oxime groups is 1. The van der Waals surface area contributed by atoms with Gasteiger partial charge in [-0.15, -0.1) is 5.16 Å². The fourth-order valence-electron chi connectivity index (χ4n) is 3.94. The lowest BCUT2D eigenvalue weighted by Crippen LogP contribution is -2.21. The predicted molar refractivity (Wildman–Crippen MR) is 121 cm³/mol. The van der Waals surface area contributed by atoms with Crippen molar-refractivity contribution >= 4 is 11.9 Å². The Morgan fingerprint density at radius 3 is 2.38 bits per heavy atom. The van der Waals surface area contributed by atoms with Crippen molar-refractivity contribution in [3.63, 3.8) is 0 Å². The normalized spacial score (nSPS) is 12.2. The van der Waals surface area contributed by atoms with E-state index in [9.17, 15) is 0 Å². The average Bonchev–Trinajstić information content (AvgIpc) is 2.77. The SMILES string of the molecule is CCN(CC)c1ccc(-c2cnccc2C(CC=NO)c2ccccc2C)cc1. The zero-order valence-electron chi connectivity index (χ0n) is 17.4. The van der Waals surface area contributed by atoms with Crippen molar-refractivity contribution in [2.24, 2.45) is 5.16 Å². The van der Waals surface area contributed by atoms with Crippen LogP contribution < -0.4 is 4.90 Å². The largest absolute Gasteiger partial charge is 0.411 e. The molecular weight excluding hydrogens is 358 g/mol. The number of rotatable bonds is 8. The van der Waals surface area contributed by atoms with Crippen molar-refractivity contribution < 1.29 is 5.21 Å². The highest BCUT2D eigenvalue weighted by Gasteiger charge is 2.19. The van der Waals surface area contributed by atoms with Crippen LogP contribution in [0.5, 0.6) is 0 Å². The van der Waals surface area contributed by atoms with Crippen LogP contribution in [-0.4, -0.2) is 29.5 Å². The minimum Gasteiger partial charge on any atom is -0.411 e. The molecule has 0 spiro atoms. The number of hydrogen-bond donors (Lipinski definition) is 1. The fourth-order valence-corrected chi connectivity index (χ4v) is 3.94. The van der Waals surface area contributed by atoms with Crippen LogP contribution in [0, 0.1) is 6.92 Å². The van der Waals surface area contributed by atoms with Crippen molar-refractivity contribution in [2.75, 3.05) is 18.0 Å². The summed E-state index contributed by atoms with van der Waals surface area (Å²) in [6.45, 7) is 8.45. The molecule has 4 nitrogen and oxygen atoms in total. The maximum atomic E-state index is 9.05. The second-order valence-corrected chi connectivity index (χ2v) is 7.13. The first kappa shape index (κ1) is 20.6. The van der Waals surface area contributed by atoms with Crippen LogP contribution in [0.4, 0.5) is 5.69 Å². The lowest BCUT2D eigenvalue weighted by Gasteiger charge is -2.23. The summed E-state index contributed by atoms with van der Waals surface area (Å²) in [4.78, 5) is 6.73. The maximum absolute atomic E-state index is 9.05. The van der Waals surface area contributed by atoms with E-state index in [1.165, 1.54) is 22.4 Å². The molecule has 4 heteroatoms. The average molecular weight is 388 g/mol. The smallest absolute Gasteiger partial charge is 0.0445 e. The molecule has 0 aliphatic heterocycles. The fraction of sp³-hybridized carbons (Fsp3) is 0.280. The standard InChI is InChI=1S/C25H29N3O/c1-4-28(5-2)21-12-10-20(11-13-21)25-18-26-16-14-24(25)23(15-17-27-29)22-9-7-6-8-19(22)3/h6-14,16-18,23,29H,4-5,15H2,1-3H3. The van der Waals surface area contributed by atoms with Crippen LogP contribution in [0.2, 0.25) is 0 Å². The lowest BCUT2D eigenvalue weighted by molar-refractivity contribution is 0.320. The molecule has 2 aromatic carbocycles. The molecule has 0 fully saturated rings.